The molecule has 1 N–H and O–H groups in total. The molecular weight excluding hydrogens is 264 g/mol. The Morgan fingerprint density at radius 1 is 1.47 bits per heavy atom. The van der Waals surface area contributed by atoms with E-state index in [1.165, 1.54) is 0 Å². The summed E-state index contributed by atoms with van der Waals surface area (Å²) in [6.45, 7) is 0.725. The number of hydrogen-bond acceptors (Lipinski definition) is 2. The molecule has 0 saturated heterocycles. The number of halogens is 1. The summed E-state index contributed by atoms with van der Waals surface area (Å²) in [5.41, 5.74) is 2.38. The SMILES string of the molecule is O=C(O)c1c(Cl)c(-c2cccnc2)n2c1C=CCC2. The number of nitrogens with zero attached hydrogens (tertiary/aromatic N) is 2. The van der Waals surface area contributed by atoms with Gasteiger partial charge in [0, 0.05) is 24.5 Å². The van der Waals surface area contributed by atoms with Crippen LogP contribution < -0.4 is 0 Å². The zero-order valence-corrected chi connectivity index (χ0v) is 10.8. The first-order valence-corrected chi connectivity index (χ1v) is 6.30. The van der Waals surface area contributed by atoms with Gasteiger partial charge in [0.25, 0.3) is 0 Å². The van der Waals surface area contributed by atoms with Crippen LogP contribution in [-0.4, -0.2) is 20.6 Å². The van der Waals surface area contributed by atoms with E-state index in [0.717, 1.165) is 24.2 Å². The number of rotatable bonds is 2. The minimum absolute atomic E-state index is 0.163. The fourth-order valence-corrected chi connectivity index (χ4v) is 2.79. The first kappa shape index (κ1) is 12.0. The number of carboxylic acid groups (broad SMARTS) is 1. The zero-order valence-electron chi connectivity index (χ0n) is 10.0. The molecule has 19 heavy (non-hydrogen) atoms. The van der Waals surface area contributed by atoms with Gasteiger partial charge in [0.2, 0.25) is 0 Å². The third-order valence-corrected chi connectivity index (χ3v) is 3.56. The van der Waals surface area contributed by atoms with Crippen LogP contribution in [0.3, 0.4) is 0 Å². The zero-order chi connectivity index (χ0) is 13.4. The van der Waals surface area contributed by atoms with Gasteiger partial charge in [-0.3, -0.25) is 4.98 Å². The molecule has 2 aromatic heterocycles. The molecule has 0 spiro atoms. The summed E-state index contributed by atoms with van der Waals surface area (Å²) in [4.78, 5) is 15.5. The van der Waals surface area contributed by atoms with Crippen molar-refractivity contribution in [3.05, 3.63) is 46.9 Å². The van der Waals surface area contributed by atoms with Gasteiger partial charge in [-0.05, 0) is 24.6 Å². The summed E-state index contributed by atoms with van der Waals surface area (Å²) >= 11 is 6.29. The second-order valence-electron chi connectivity index (χ2n) is 4.31. The summed E-state index contributed by atoms with van der Waals surface area (Å²) in [6.07, 6.45) is 8.02. The van der Waals surface area contributed by atoms with Crippen LogP contribution in [-0.2, 0) is 6.54 Å². The van der Waals surface area contributed by atoms with Crippen LogP contribution in [0.25, 0.3) is 17.3 Å². The van der Waals surface area contributed by atoms with Gasteiger partial charge in [-0.1, -0.05) is 17.7 Å². The lowest BCUT2D eigenvalue weighted by Crippen LogP contribution is -2.07. The van der Waals surface area contributed by atoms with Gasteiger partial charge in [-0.25, -0.2) is 4.79 Å². The maximum Gasteiger partial charge on any atom is 0.339 e. The fourth-order valence-electron chi connectivity index (χ4n) is 2.40. The average molecular weight is 275 g/mol. The van der Waals surface area contributed by atoms with E-state index in [1.54, 1.807) is 12.4 Å². The average Bonchev–Trinajstić information content (AvgIpc) is 2.71. The van der Waals surface area contributed by atoms with E-state index < -0.39 is 5.97 Å². The van der Waals surface area contributed by atoms with Gasteiger partial charge < -0.3 is 9.67 Å². The third kappa shape index (κ3) is 1.85. The molecule has 2 aromatic rings. The van der Waals surface area contributed by atoms with E-state index in [9.17, 15) is 9.90 Å². The number of carbonyl (C=O) groups is 1. The highest BCUT2D eigenvalue weighted by Gasteiger charge is 2.26. The minimum atomic E-state index is -1.00. The summed E-state index contributed by atoms with van der Waals surface area (Å²) in [5, 5.41) is 9.61. The van der Waals surface area contributed by atoms with Gasteiger partial charge in [-0.2, -0.15) is 0 Å². The number of aromatic carboxylic acids is 1. The molecule has 0 fully saturated rings. The van der Waals surface area contributed by atoms with Crippen molar-refractivity contribution < 1.29 is 9.90 Å². The van der Waals surface area contributed by atoms with Crippen molar-refractivity contribution >= 4 is 23.6 Å². The summed E-state index contributed by atoms with van der Waals surface area (Å²) < 4.78 is 1.95. The first-order valence-electron chi connectivity index (χ1n) is 5.92. The molecule has 0 aromatic carbocycles. The quantitative estimate of drug-likeness (QED) is 0.914. The van der Waals surface area contributed by atoms with Crippen LogP contribution >= 0.6 is 11.6 Å². The first-order chi connectivity index (χ1) is 9.20. The Balaban J connectivity index is 2.32. The van der Waals surface area contributed by atoms with Gasteiger partial charge in [-0.15, -0.1) is 0 Å². The number of hydrogen-bond donors (Lipinski definition) is 1. The number of aromatic nitrogens is 2. The topological polar surface area (TPSA) is 55.1 Å². The Bertz CT molecular complexity index is 674. The van der Waals surface area contributed by atoms with E-state index in [0.29, 0.717) is 5.69 Å². The second kappa shape index (κ2) is 4.55. The van der Waals surface area contributed by atoms with Crippen LogP contribution in [0.4, 0.5) is 0 Å². The monoisotopic (exact) mass is 274 g/mol. The smallest absolute Gasteiger partial charge is 0.339 e. The summed E-state index contributed by atoms with van der Waals surface area (Å²) in [6, 6.07) is 3.69. The van der Waals surface area contributed by atoms with Crippen LogP contribution in [0.15, 0.2) is 30.6 Å². The van der Waals surface area contributed by atoms with E-state index in [-0.39, 0.29) is 10.6 Å². The lowest BCUT2D eigenvalue weighted by molar-refractivity contribution is 0.0697. The van der Waals surface area contributed by atoms with Gasteiger partial charge in [0.15, 0.2) is 0 Å². The molecule has 5 heteroatoms. The van der Waals surface area contributed by atoms with Crippen molar-refractivity contribution in [2.45, 2.75) is 13.0 Å². The van der Waals surface area contributed by atoms with Gasteiger partial charge in [0.05, 0.1) is 16.4 Å². The van der Waals surface area contributed by atoms with Crippen molar-refractivity contribution in [2.24, 2.45) is 0 Å². The van der Waals surface area contributed by atoms with E-state index in [2.05, 4.69) is 4.98 Å². The maximum absolute atomic E-state index is 11.4. The Labute approximate surface area is 115 Å². The predicted molar refractivity (Wildman–Crippen MR) is 73.3 cm³/mol. The molecule has 0 aliphatic carbocycles. The molecule has 0 unspecified atom stereocenters. The molecule has 1 aliphatic heterocycles. The highest BCUT2D eigenvalue weighted by atomic mass is 35.5. The predicted octanol–water partition coefficient (Wildman–Crippen LogP) is 3.32. The molecule has 1 aliphatic rings. The molecule has 4 nitrogen and oxygen atoms in total. The third-order valence-electron chi connectivity index (χ3n) is 3.19. The maximum atomic E-state index is 11.4. The standard InChI is InChI=1S/C14H11ClN2O2/c15-12-11(14(18)19)10-5-1-2-7-17(10)13(12)9-4-3-6-16-8-9/h1,3-6,8H,2,7H2,(H,18,19). The molecule has 3 rings (SSSR count). The van der Waals surface area contributed by atoms with Crippen molar-refractivity contribution in [1.29, 1.82) is 0 Å². The molecule has 0 atom stereocenters. The van der Waals surface area contributed by atoms with Gasteiger partial charge in [0.1, 0.15) is 5.56 Å². The Morgan fingerprint density at radius 3 is 3.00 bits per heavy atom. The number of pyridine rings is 1. The molecule has 0 amide bonds. The lowest BCUT2D eigenvalue weighted by atomic mass is 10.1. The summed E-state index contributed by atoms with van der Waals surface area (Å²) in [7, 11) is 0. The van der Waals surface area contributed by atoms with Crippen LogP contribution in [0.1, 0.15) is 22.5 Å². The van der Waals surface area contributed by atoms with E-state index in [4.69, 9.17) is 11.6 Å². The Morgan fingerprint density at radius 2 is 2.32 bits per heavy atom. The molecule has 96 valence electrons. The highest BCUT2D eigenvalue weighted by molar-refractivity contribution is 6.36. The minimum Gasteiger partial charge on any atom is -0.478 e. The van der Waals surface area contributed by atoms with Crippen LogP contribution in [0.5, 0.6) is 0 Å². The number of allylic oxidation sites excluding steroid dienone is 1. The Hall–Kier alpha value is -2.07. The number of fused-ring (bicyclic) bond motifs is 1. The van der Waals surface area contributed by atoms with Crippen molar-refractivity contribution in [1.82, 2.24) is 9.55 Å². The second-order valence-corrected chi connectivity index (χ2v) is 4.69. The molecule has 0 bridgehead atoms. The van der Waals surface area contributed by atoms with Crippen molar-refractivity contribution in [2.75, 3.05) is 0 Å². The Kier molecular flexibility index (Phi) is 2.87. The largest absolute Gasteiger partial charge is 0.478 e. The molecule has 0 saturated carbocycles. The highest BCUT2D eigenvalue weighted by Crippen LogP contribution is 2.37. The van der Waals surface area contributed by atoms with Crippen molar-refractivity contribution in [3.63, 3.8) is 0 Å². The normalized spacial score (nSPS) is 13.3. The summed E-state index contributed by atoms with van der Waals surface area (Å²) in [5.74, 6) is -1.00. The number of carboxylic acids is 1. The fraction of sp³-hybridized carbons (Fsp3) is 0.143. The lowest BCUT2D eigenvalue weighted by Gasteiger charge is -2.14. The van der Waals surface area contributed by atoms with Gasteiger partial charge >= 0.3 is 5.97 Å². The van der Waals surface area contributed by atoms with Crippen LogP contribution in [0.2, 0.25) is 5.02 Å². The molecule has 3 heterocycles. The van der Waals surface area contributed by atoms with Crippen molar-refractivity contribution in [3.8, 4) is 11.3 Å². The molecule has 0 radical (unpaired) electrons. The van der Waals surface area contributed by atoms with E-state index in [1.807, 2.05) is 28.9 Å². The van der Waals surface area contributed by atoms with E-state index >= 15 is 0 Å². The van der Waals surface area contributed by atoms with Crippen LogP contribution in [0, 0.1) is 0 Å². The molecular formula is C14H11ClN2O2.